The number of aryl methyl sites for hydroxylation is 2. The van der Waals surface area contributed by atoms with Crippen LogP contribution in [0.25, 0.3) is 0 Å². The van der Waals surface area contributed by atoms with E-state index in [4.69, 9.17) is 16.3 Å². The number of carbonyl (C=O) groups excluding carboxylic acids is 2. The van der Waals surface area contributed by atoms with E-state index in [-0.39, 0.29) is 36.8 Å². The third-order valence-corrected chi connectivity index (χ3v) is 6.75. The maximum Gasteiger partial charge on any atom is 0.261 e. The van der Waals surface area contributed by atoms with Crippen molar-refractivity contribution in [3.05, 3.63) is 63.9 Å². The molecule has 1 atom stereocenters. The number of carbonyl (C=O) groups is 2. The highest BCUT2D eigenvalue weighted by Crippen LogP contribution is 2.26. The van der Waals surface area contributed by atoms with Gasteiger partial charge in [-0.05, 0) is 74.6 Å². The van der Waals surface area contributed by atoms with Gasteiger partial charge >= 0.3 is 0 Å². The maximum absolute atomic E-state index is 13.4. The lowest BCUT2D eigenvalue weighted by molar-refractivity contribution is -0.142. The van der Waals surface area contributed by atoms with Crippen molar-refractivity contribution in [2.75, 3.05) is 6.61 Å². The Morgan fingerprint density at radius 3 is 2.33 bits per heavy atom. The molecule has 33 heavy (non-hydrogen) atoms. The Balaban J connectivity index is 1.72. The summed E-state index contributed by atoms with van der Waals surface area (Å²) in [7, 11) is 0. The SMILES string of the molecule is Cc1cc(OCC(=O)N(Cc2ccc(F)cc2)[C@@H](C)C(=O)NC2CCCCC2)cc(C)c1Cl. The molecule has 0 radical (unpaired) electrons. The molecule has 2 aromatic rings. The Hall–Kier alpha value is -2.60. The first-order chi connectivity index (χ1) is 15.7. The average molecular weight is 475 g/mol. The van der Waals surface area contributed by atoms with Crippen LogP contribution in [0.1, 0.15) is 55.7 Å². The van der Waals surface area contributed by atoms with Crippen LogP contribution in [0.5, 0.6) is 5.75 Å². The number of rotatable bonds is 8. The van der Waals surface area contributed by atoms with Gasteiger partial charge in [0.05, 0.1) is 0 Å². The van der Waals surface area contributed by atoms with Crippen LogP contribution in [-0.4, -0.2) is 35.4 Å². The molecular weight excluding hydrogens is 443 g/mol. The van der Waals surface area contributed by atoms with E-state index in [1.54, 1.807) is 31.2 Å². The van der Waals surface area contributed by atoms with Crippen molar-refractivity contribution in [3.8, 4) is 5.75 Å². The zero-order chi connectivity index (χ0) is 24.0. The summed E-state index contributed by atoms with van der Waals surface area (Å²) in [6, 6.07) is 8.95. The van der Waals surface area contributed by atoms with Gasteiger partial charge in [-0.1, -0.05) is 43.0 Å². The van der Waals surface area contributed by atoms with E-state index in [0.29, 0.717) is 10.8 Å². The molecule has 2 aromatic carbocycles. The van der Waals surface area contributed by atoms with Gasteiger partial charge in [0.2, 0.25) is 5.91 Å². The summed E-state index contributed by atoms with van der Waals surface area (Å²) in [6.07, 6.45) is 5.32. The van der Waals surface area contributed by atoms with Gasteiger partial charge < -0.3 is 15.0 Å². The standard InChI is InChI=1S/C26H32ClFN2O3/c1-17-13-23(14-18(2)25(17)27)33-16-24(31)30(15-20-9-11-21(28)12-10-20)19(3)26(32)29-22-7-5-4-6-8-22/h9-14,19,22H,4-8,15-16H2,1-3H3,(H,29,32)/t19-/m0/s1. The number of halogens is 2. The molecule has 2 amide bonds. The van der Waals surface area contributed by atoms with Crippen LogP contribution in [0.3, 0.4) is 0 Å². The van der Waals surface area contributed by atoms with Crippen molar-refractivity contribution in [2.24, 2.45) is 0 Å². The highest BCUT2D eigenvalue weighted by Gasteiger charge is 2.28. The predicted octanol–water partition coefficient (Wildman–Crippen LogP) is 5.34. The Kier molecular flexibility index (Phi) is 8.73. The van der Waals surface area contributed by atoms with Gasteiger partial charge in [-0.15, -0.1) is 0 Å². The number of ether oxygens (including phenoxy) is 1. The smallest absolute Gasteiger partial charge is 0.261 e. The molecule has 0 spiro atoms. The normalized spacial score (nSPS) is 15.1. The topological polar surface area (TPSA) is 58.6 Å². The number of benzene rings is 2. The minimum atomic E-state index is -0.693. The number of hydrogen-bond acceptors (Lipinski definition) is 3. The first kappa shape index (κ1) is 25.0. The summed E-state index contributed by atoms with van der Waals surface area (Å²) in [6.45, 7) is 5.43. The first-order valence-electron chi connectivity index (χ1n) is 11.5. The lowest BCUT2D eigenvalue weighted by atomic mass is 9.95. The first-order valence-corrected chi connectivity index (χ1v) is 11.9. The van der Waals surface area contributed by atoms with Crippen molar-refractivity contribution in [2.45, 2.75) is 71.5 Å². The second-order valence-corrected chi connectivity index (χ2v) is 9.21. The summed E-state index contributed by atoms with van der Waals surface area (Å²) in [5, 5.41) is 3.76. The summed E-state index contributed by atoms with van der Waals surface area (Å²) >= 11 is 6.22. The van der Waals surface area contributed by atoms with E-state index in [9.17, 15) is 14.0 Å². The van der Waals surface area contributed by atoms with Gasteiger partial charge in [0.15, 0.2) is 6.61 Å². The van der Waals surface area contributed by atoms with Crippen LogP contribution in [0.15, 0.2) is 36.4 Å². The average Bonchev–Trinajstić information content (AvgIpc) is 2.80. The van der Waals surface area contributed by atoms with E-state index in [1.165, 1.54) is 23.5 Å². The van der Waals surface area contributed by atoms with Crippen LogP contribution >= 0.6 is 11.6 Å². The quantitative estimate of drug-likeness (QED) is 0.561. The monoisotopic (exact) mass is 474 g/mol. The van der Waals surface area contributed by atoms with Crippen LogP contribution in [0.2, 0.25) is 5.02 Å². The molecule has 178 valence electrons. The Bertz CT molecular complexity index is 951. The van der Waals surface area contributed by atoms with Crippen LogP contribution in [0, 0.1) is 19.7 Å². The molecule has 0 saturated heterocycles. The van der Waals surface area contributed by atoms with Gasteiger partial charge in [0.1, 0.15) is 17.6 Å². The van der Waals surface area contributed by atoms with E-state index in [0.717, 1.165) is 42.4 Å². The molecule has 1 aliphatic carbocycles. The lowest BCUT2D eigenvalue weighted by Gasteiger charge is -2.31. The van der Waals surface area contributed by atoms with Gasteiger partial charge in [-0.25, -0.2) is 4.39 Å². The number of nitrogens with one attached hydrogen (secondary N) is 1. The summed E-state index contributed by atoms with van der Waals surface area (Å²) in [4.78, 5) is 27.7. The molecule has 1 N–H and O–H groups in total. The molecule has 0 heterocycles. The molecule has 1 aliphatic rings. The minimum Gasteiger partial charge on any atom is -0.484 e. The second-order valence-electron chi connectivity index (χ2n) is 8.83. The van der Waals surface area contributed by atoms with Gasteiger partial charge in [-0.3, -0.25) is 9.59 Å². The lowest BCUT2D eigenvalue weighted by Crippen LogP contribution is -2.51. The fraction of sp³-hybridized carbons (Fsp3) is 0.462. The van der Waals surface area contributed by atoms with Crippen LogP contribution < -0.4 is 10.1 Å². The highest BCUT2D eigenvalue weighted by molar-refractivity contribution is 6.32. The Labute approximate surface area is 200 Å². The molecule has 0 bridgehead atoms. The molecule has 1 saturated carbocycles. The third kappa shape index (κ3) is 6.94. The van der Waals surface area contributed by atoms with Gasteiger partial charge in [-0.2, -0.15) is 0 Å². The van der Waals surface area contributed by atoms with E-state index in [1.807, 2.05) is 13.8 Å². The molecule has 1 fully saturated rings. The van der Waals surface area contributed by atoms with E-state index >= 15 is 0 Å². The van der Waals surface area contributed by atoms with Crippen molar-refractivity contribution < 1.29 is 18.7 Å². The highest BCUT2D eigenvalue weighted by atomic mass is 35.5. The molecule has 3 rings (SSSR count). The van der Waals surface area contributed by atoms with Crippen molar-refractivity contribution in [1.29, 1.82) is 0 Å². The van der Waals surface area contributed by atoms with E-state index in [2.05, 4.69) is 5.32 Å². The van der Waals surface area contributed by atoms with Gasteiger partial charge in [0, 0.05) is 17.6 Å². The third-order valence-electron chi connectivity index (χ3n) is 6.16. The Morgan fingerprint density at radius 1 is 1.12 bits per heavy atom. The molecule has 7 heteroatoms. The zero-order valence-electron chi connectivity index (χ0n) is 19.5. The number of hydrogen-bond donors (Lipinski definition) is 1. The van der Waals surface area contributed by atoms with Crippen molar-refractivity contribution in [1.82, 2.24) is 10.2 Å². The molecule has 0 aromatic heterocycles. The fourth-order valence-electron chi connectivity index (χ4n) is 4.16. The fourth-order valence-corrected chi connectivity index (χ4v) is 4.26. The molecule has 0 unspecified atom stereocenters. The molecule has 5 nitrogen and oxygen atoms in total. The maximum atomic E-state index is 13.4. The number of amides is 2. The molecule has 0 aliphatic heterocycles. The summed E-state index contributed by atoms with van der Waals surface area (Å²) in [5.74, 6) is -0.313. The second kappa shape index (κ2) is 11.5. The van der Waals surface area contributed by atoms with Crippen LogP contribution in [-0.2, 0) is 16.1 Å². The van der Waals surface area contributed by atoms with Gasteiger partial charge in [0.25, 0.3) is 5.91 Å². The number of nitrogens with zero attached hydrogens (tertiary/aromatic N) is 1. The van der Waals surface area contributed by atoms with E-state index < -0.39 is 6.04 Å². The van der Waals surface area contributed by atoms with Crippen molar-refractivity contribution in [3.63, 3.8) is 0 Å². The largest absolute Gasteiger partial charge is 0.484 e. The van der Waals surface area contributed by atoms with Crippen LogP contribution in [0.4, 0.5) is 4.39 Å². The molecular formula is C26H32ClFN2O3. The summed E-state index contributed by atoms with van der Waals surface area (Å²) < 4.78 is 19.1. The summed E-state index contributed by atoms with van der Waals surface area (Å²) in [5.41, 5.74) is 2.46. The predicted molar refractivity (Wildman–Crippen MR) is 128 cm³/mol. The Morgan fingerprint density at radius 2 is 1.73 bits per heavy atom. The zero-order valence-corrected chi connectivity index (χ0v) is 20.3. The van der Waals surface area contributed by atoms with Crippen molar-refractivity contribution >= 4 is 23.4 Å². The minimum absolute atomic E-state index is 0.146.